The SMILES string of the molecule is CCN(CCCSCC(C)F)CC(O)COc1ccc(C#N)cc1. The molecule has 1 aromatic carbocycles. The number of thioether (sulfide) groups is 1. The number of nitrogens with zero attached hydrogens (tertiary/aromatic N) is 2. The van der Waals surface area contributed by atoms with Gasteiger partial charge in [0.15, 0.2) is 0 Å². The zero-order valence-electron chi connectivity index (χ0n) is 14.4. The van der Waals surface area contributed by atoms with Crippen LogP contribution in [0.1, 0.15) is 25.8 Å². The summed E-state index contributed by atoms with van der Waals surface area (Å²) in [5, 5.41) is 18.9. The zero-order valence-corrected chi connectivity index (χ0v) is 15.3. The smallest absolute Gasteiger partial charge is 0.119 e. The topological polar surface area (TPSA) is 56.5 Å². The van der Waals surface area contributed by atoms with Crippen molar-refractivity contribution in [3.8, 4) is 11.8 Å². The Labute approximate surface area is 148 Å². The second-order valence-electron chi connectivity index (χ2n) is 5.70. The maximum atomic E-state index is 12.7. The van der Waals surface area contributed by atoms with Crippen LogP contribution in [0.5, 0.6) is 5.75 Å². The Morgan fingerprint density at radius 2 is 2.08 bits per heavy atom. The molecule has 0 spiro atoms. The summed E-state index contributed by atoms with van der Waals surface area (Å²) in [6.07, 6.45) is -0.341. The summed E-state index contributed by atoms with van der Waals surface area (Å²) in [6, 6.07) is 8.89. The van der Waals surface area contributed by atoms with Gasteiger partial charge in [-0.15, -0.1) is 0 Å². The highest BCUT2D eigenvalue weighted by molar-refractivity contribution is 7.99. The molecule has 24 heavy (non-hydrogen) atoms. The molecule has 0 aliphatic heterocycles. The maximum Gasteiger partial charge on any atom is 0.119 e. The second-order valence-corrected chi connectivity index (χ2v) is 6.85. The fourth-order valence-corrected chi connectivity index (χ4v) is 3.01. The van der Waals surface area contributed by atoms with Crippen LogP contribution in [-0.4, -0.2) is 60.0 Å². The summed E-state index contributed by atoms with van der Waals surface area (Å²) in [4.78, 5) is 2.17. The number of alkyl halides is 1. The van der Waals surface area contributed by atoms with Crippen molar-refractivity contribution in [2.45, 2.75) is 32.5 Å². The van der Waals surface area contributed by atoms with Crippen molar-refractivity contribution < 1.29 is 14.2 Å². The number of hydrogen-bond acceptors (Lipinski definition) is 5. The van der Waals surface area contributed by atoms with E-state index < -0.39 is 12.3 Å². The molecule has 0 aliphatic carbocycles. The summed E-state index contributed by atoms with van der Waals surface area (Å²) in [7, 11) is 0. The van der Waals surface area contributed by atoms with Gasteiger partial charge >= 0.3 is 0 Å². The molecule has 134 valence electrons. The number of ether oxygens (including phenoxy) is 1. The molecule has 1 rings (SSSR count). The lowest BCUT2D eigenvalue weighted by Crippen LogP contribution is -2.36. The van der Waals surface area contributed by atoms with Crippen LogP contribution in [0.3, 0.4) is 0 Å². The van der Waals surface area contributed by atoms with E-state index in [1.165, 1.54) is 0 Å². The van der Waals surface area contributed by atoms with E-state index >= 15 is 0 Å². The van der Waals surface area contributed by atoms with Gasteiger partial charge in [-0.25, -0.2) is 4.39 Å². The molecule has 0 amide bonds. The Balaban J connectivity index is 2.23. The third-order valence-corrected chi connectivity index (χ3v) is 4.72. The van der Waals surface area contributed by atoms with E-state index in [1.54, 1.807) is 43.0 Å². The standard InChI is InChI=1S/C18H27FN2O2S/c1-3-21(9-4-10-24-14-15(2)19)12-17(22)13-23-18-7-5-16(11-20)6-8-18/h5-8,15,17,22H,3-4,9-10,12-14H2,1-2H3. The number of aliphatic hydroxyl groups excluding tert-OH is 1. The van der Waals surface area contributed by atoms with Gasteiger partial charge in [-0.1, -0.05) is 6.92 Å². The van der Waals surface area contributed by atoms with E-state index in [9.17, 15) is 9.50 Å². The second kappa shape index (κ2) is 12.1. The van der Waals surface area contributed by atoms with Crippen molar-refractivity contribution in [2.24, 2.45) is 0 Å². The van der Waals surface area contributed by atoms with Crippen molar-refractivity contribution in [1.82, 2.24) is 4.90 Å². The molecule has 1 N–H and O–H groups in total. The average Bonchev–Trinajstić information content (AvgIpc) is 2.58. The molecule has 0 radical (unpaired) electrons. The van der Waals surface area contributed by atoms with Gasteiger partial charge in [-0.2, -0.15) is 17.0 Å². The van der Waals surface area contributed by atoms with E-state index in [0.29, 0.717) is 23.6 Å². The Morgan fingerprint density at radius 3 is 2.67 bits per heavy atom. The first-order valence-corrected chi connectivity index (χ1v) is 9.45. The molecule has 4 nitrogen and oxygen atoms in total. The predicted octanol–water partition coefficient (Wildman–Crippen LogP) is 3.10. The predicted molar refractivity (Wildman–Crippen MR) is 97.3 cm³/mol. The largest absolute Gasteiger partial charge is 0.491 e. The molecule has 0 aromatic heterocycles. The number of halogens is 1. The zero-order chi connectivity index (χ0) is 17.8. The Bertz CT molecular complexity index is 491. The lowest BCUT2D eigenvalue weighted by atomic mass is 10.2. The highest BCUT2D eigenvalue weighted by Crippen LogP contribution is 2.12. The molecule has 0 bridgehead atoms. The Hall–Kier alpha value is -1.29. The molecule has 2 unspecified atom stereocenters. The van der Waals surface area contributed by atoms with Gasteiger partial charge in [0, 0.05) is 12.3 Å². The highest BCUT2D eigenvalue weighted by atomic mass is 32.2. The van der Waals surface area contributed by atoms with Crippen LogP contribution in [0.25, 0.3) is 0 Å². The minimum absolute atomic E-state index is 0.219. The molecule has 1 aromatic rings. The third kappa shape index (κ3) is 9.11. The van der Waals surface area contributed by atoms with Crippen LogP contribution in [0.2, 0.25) is 0 Å². The highest BCUT2D eigenvalue weighted by Gasteiger charge is 2.11. The molecule has 0 fully saturated rings. The van der Waals surface area contributed by atoms with Crippen molar-refractivity contribution >= 4 is 11.8 Å². The van der Waals surface area contributed by atoms with Crippen molar-refractivity contribution in [1.29, 1.82) is 5.26 Å². The van der Waals surface area contributed by atoms with E-state index in [-0.39, 0.29) is 6.61 Å². The van der Waals surface area contributed by atoms with Crippen LogP contribution < -0.4 is 4.74 Å². The third-order valence-electron chi connectivity index (χ3n) is 3.45. The summed E-state index contributed by atoms with van der Waals surface area (Å²) in [5.41, 5.74) is 0.583. The van der Waals surface area contributed by atoms with Crippen LogP contribution >= 0.6 is 11.8 Å². The monoisotopic (exact) mass is 354 g/mol. The van der Waals surface area contributed by atoms with Gasteiger partial charge in [-0.05, 0) is 56.5 Å². The Kier molecular flexibility index (Phi) is 10.5. The fraction of sp³-hybridized carbons (Fsp3) is 0.611. The van der Waals surface area contributed by atoms with Gasteiger partial charge in [-0.3, -0.25) is 0 Å². The van der Waals surface area contributed by atoms with Gasteiger partial charge in [0.25, 0.3) is 0 Å². The maximum absolute atomic E-state index is 12.7. The van der Waals surface area contributed by atoms with Gasteiger partial charge < -0.3 is 14.7 Å². The number of benzene rings is 1. The molecule has 0 saturated heterocycles. The fourth-order valence-electron chi connectivity index (χ4n) is 2.18. The van der Waals surface area contributed by atoms with E-state index in [0.717, 1.165) is 25.3 Å². The minimum Gasteiger partial charge on any atom is -0.491 e. The summed E-state index contributed by atoms with van der Waals surface area (Å²) in [6.45, 7) is 6.16. The quantitative estimate of drug-likeness (QED) is 0.585. The number of hydrogen-bond donors (Lipinski definition) is 1. The van der Waals surface area contributed by atoms with Crippen molar-refractivity contribution in [3.63, 3.8) is 0 Å². The van der Waals surface area contributed by atoms with Crippen molar-refractivity contribution in [3.05, 3.63) is 29.8 Å². The molecule has 0 aliphatic rings. The number of nitriles is 1. The van der Waals surface area contributed by atoms with Gasteiger partial charge in [0.2, 0.25) is 0 Å². The first-order valence-electron chi connectivity index (χ1n) is 8.30. The summed E-state index contributed by atoms with van der Waals surface area (Å²) in [5.74, 6) is 2.13. The minimum atomic E-state index is -0.751. The van der Waals surface area contributed by atoms with Crippen molar-refractivity contribution in [2.75, 3.05) is 37.7 Å². The van der Waals surface area contributed by atoms with E-state index in [1.807, 2.05) is 0 Å². The van der Waals surface area contributed by atoms with E-state index in [4.69, 9.17) is 10.00 Å². The lowest BCUT2D eigenvalue weighted by molar-refractivity contribution is 0.0700. The molecule has 0 heterocycles. The lowest BCUT2D eigenvalue weighted by Gasteiger charge is -2.23. The summed E-state index contributed by atoms with van der Waals surface area (Å²) >= 11 is 1.63. The van der Waals surface area contributed by atoms with Gasteiger partial charge in [0.05, 0.1) is 11.6 Å². The molecule has 0 saturated carbocycles. The summed E-state index contributed by atoms with van der Waals surface area (Å²) < 4.78 is 18.2. The van der Waals surface area contributed by atoms with Crippen LogP contribution in [0.4, 0.5) is 4.39 Å². The number of aliphatic hydroxyl groups is 1. The number of rotatable bonds is 12. The first-order chi connectivity index (χ1) is 11.5. The van der Waals surface area contributed by atoms with E-state index in [2.05, 4.69) is 17.9 Å². The van der Waals surface area contributed by atoms with Crippen LogP contribution in [0, 0.1) is 11.3 Å². The van der Waals surface area contributed by atoms with Crippen LogP contribution in [-0.2, 0) is 0 Å². The first kappa shape index (κ1) is 20.8. The molecule has 2 atom stereocenters. The normalized spacial score (nSPS) is 13.5. The molecular weight excluding hydrogens is 327 g/mol. The van der Waals surface area contributed by atoms with Gasteiger partial charge in [0.1, 0.15) is 24.6 Å². The Morgan fingerprint density at radius 1 is 1.38 bits per heavy atom. The average molecular weight is 354 g/mol. The molecular formula is C18H27FN2O2S. The molecule has 6 heteroatoms. The van der Waals surface area contributed by atoms with Crippen LogP contribution in [0.15, 0.2) is 24.3 Å². The number of likely N-dealkylation sites (N-methyl/N-ethyl adjacent to an activating group) is 1.